The molecule has 0 unspecified atom stereocenters. The number of quaternary nitrogens is 1. The largest absolute Gasteiger partial charge is 0.459 e. The van der Waals surface area contributed by atoms with E-state index in [1.807, 2.05) is 42.6 Å². The number of nitrogens with one attached hydrogen (secondary N) is 2. The Morgan fingerprint density at radius 2 is 1.89 bits per heavy atom. The van der Waals surface area contributed by atoms with E-state index in [-0.39, 0.29) is 17.9 Å². The average molecular weight is 367 g/mol. The third kappa shape index (κ3) is 3.73. The van der Waals surface area contributed by atoms with Crippen molar-refractivity contribution in [3.05, 3.63) is 72.3 Å². The van der Waals surface area contributed by atoms with Crippen LogP contribution in [0.3, 0.4) is 0 Å². The molecule has 2 aliphatic heterocycles. The van der Waals surface area contributed by atoms with Gasteiger partial charge in [0, 0.05) is 6.20 Å². The number of rotatable bonds is 4. The molecule has 0 spiro atoms. The van der Waals surface area contributed by atoms with E-state index in [2.05, 4.69) is 5.43 Å². The summed E-state index contributed by atoms with van der Waals surface area (Å²) in [7, 11) is 0. The maximum absolute atomic E-state index is 12.8. The Bertz CT molecular complexity index is 811. The minimum absolute atomic E-state index is 0.0506. The van der Waals surface area contributed by atoms with Crippen molar-refractivity contribution in [2.75, 3.05) is 32.7 Å². The van der Waals surface area contributed by atoms with E-state index in [0.29, 0.717) is 25.4 Å². The quantitative estimate of drug-likeness (QED) is 0.811. The van der Waals surface area contributed by atoms with Crippen molar-refractivity contribution in [3.63, 3.8) is 0 Å². The molecule has 2 aromatic rings. The number of piperazine rings is 1. The normalized spacial score (nSPS) is 19.9. The molecule has 1 aromatic carbocycles. The van der Waals surface area contributed by atoms with E-state index in [0.717, 1.165) is 18.7 Å². The lowest BCUT2D eigenvalue weighted by Crippen LogP contribution is -3.15. The van der Waals surface area contributed by atoms with Crippen LogP contribution in [0, 0.1) is 0 Å². The molecule has 1 atom stereocenters. The van der Waals surface area contributed by atoms with Gasteiger partial charge in [0.25, 0.3) is 11.8 Å². The van der Waals surface area contributed by atoms with Crippen LogP contribution in [0.5, 0.6) is 0 Å². The molecule has 7 heteroatoms. The lowest BCUT2D eigenvalue weighted by Gasteiger charge is -2.33. The van der Waals surface area contributed by atoms with Crippen LogP contribution in [0.25, 0.3) is 0 Å². The van der Waals surface area contributed by atoms with Crippen LogP contribution in [0.15, 0.2) is 65.4 Å². The molecule has 4 rings (SSSR count). The van der Waals surface area contributed by atoms with E-state index >= 15 is 0 Å². The van der Waals surface area contributed by atoms with Crippen molar-refractivity contribution in [2.24, 2.45) is 0 Å². The number of amides is 2. The summed E-state index contributed by atoms with van der Waals surface area (Å²) >= 11 is 0. The van der Waals surface area contributed by atoms with Crippen LogP contribution >= 0.6 is 0 Å². The van der Waals surface area contributed by atoms with Crippen LogP contribution < -0.4 is 10.3 Å². The lowest BCUT2D eigenvalue weighted by atomic mass is 10.1. The number of hydrogen-bond donors (Lipinski definition) is 2. The van der Waals surface area contributed by atoms with Gasteiger partial charge in [0.05, 0.1) is 38.5 Å². The van der Waals surface area contributed by atoms with Gasteiger partial charge in [-0.25, -0.2) is 5.01 Å². The molecular weight excluding hydrogens is 344 g/mol. The van der Waals surface area contributed by atoms with Crippen molar-refractivity contribution < 1.29 is 18.9 Å². The minimum atomic E-state index is -0.0834. The van der Waals surface area contributed by atoms with Crippen molar-refractivity contribution in [1.82, 2.24) is 15.3 Å². The highest BCUT2D eigenvalue weighted by molar-refractivity contribution is 5.91. The molecule has 1 aromatic heterocycles. The second-order valence-electron chi connectivity index (χ2n) is 6.80. The molecule has 140 valence electrons. The molecule has 1 fully saturated rings. The fourth-order valence-corrected chi connectivity index (χ4v) is 3.58. The molecule has 0 saturated carbocycles. The smallest absolute Gasteiger partial charge is 0.296 e. The molecule has 0 bridgehead atoms. The molecule has 2 amide bonds. The average Bonchev–Trinajstić information content (AvgIpc) is 3.41. The van der Waals surface area contributed by atoms with E-state index in [1.165, 1.54) is 11.2 Å². The topological polar surface area (TPSA) is 70.2 Å². The predicted octanol–water partition coefficient (Wildman–Crippen LogP) is 0.222. The Balaban J connectivity index is 1.31. The van der Waals surface area contributed by atoms with Gasteiger partial charge in [-0.15, -0.1) is 0 Å². The summed E-state index contributed by atoms with van der Waals surface area (Å²) in [6, 6.07) is 13.3. The van der Waals surface area contributed by atoms with Crippen molar-refractivity contribution >= 4 is 11.8 Å². The van der Waals surface area contributed by atoms with Crippen LogP contribution in [0.1, 0.15) is 22.2 Å². The number of furan rings is 1. The van der Waals surface area contributed by atoms with Gasteiger partial charge in [0.2, 0.25) is 0 Å². The van der Waals surface area contributed by atoms with Gasteiger partial charge in [0.1, 0.15) is 0 Å². The van der Waals surface area contributed by atoms with Crippen molar-refractivity contribution in [2.45, 2.75) is 6.04 Å². The van der Waals surface area contributed by atoms with E-state index in [1.54, 1.807) is 22.0 Å². The first-order chi connectivity index (χ1) is 13.2. The molecule has 7 nitrogen and oxygen atoms in total. The first kappa shape index (κ1) is 17.4. The van der Waals surface area contributed by atoms with Gasteiger partial charge in [0.15, 0.2) is 12.3 Å². The lowest BCUT2D eigenvalue weighted by molar-refractivity contribution is -0.896. The standard InChI is InChI=1S/C20H22N4O3/c25-19(24-17(8-9-21-24)16-5-2-1-3-6-16)15-22-10-12-23(13-11-22)20(26)18-7-4-14-27-18/h1-9,14,17,21H,10-13,15H2/p+1/t17-/m1/s1. The van der Waals surface area contributed by atoms with Gasteiger partial charge >= 0.3 is 0 Å². The van der Waals surface area contributed by atoms with Crippen molar-refractivity contribution in [1.29, 1.82) is 0 Å². The van der Waals surface area contributed by atoms with Crippen molar-refractivity contribution in [3.8, 4) is 0 Å². The number of hydrazine groups is 1. The Morgan fingerprint density at radius 1 is 1.11 bits per heavy atom. The fraction of sp³-hybridized carbons (Fsp3) is 0.300. The van der Waals surface area contributed by atoms with Gasteiger partial charge in [-0.05, 0) is 23.8 Å². The summed E-state index contributed by atoms with van der Waals surface area (Å²) in [6.07, 6.45) is 5.31. The highest BCUT2D eigenvalue weighted by Crippen LogP contribution is 2.23. The summed E-state index contributed by atoms with van der Waals surface area (Å²) in [6.45, 7) is 3.14. The van der Waals surface area contributed by atoms with Crippen LogP contribution in [0.4, 0.5) is 0 Å². The molecular formula is C20H23N4O3+. The third-order valence-electron chi connectivity index (χ3n) is 5.07. The minimum Gasteiger partial charge on any atom is -0.459 e. The predicted molar refractivity (Wildman–Crippen MR) is 98.5 cm³/mol. The van der Waals surface area contributed by atoms with E-state index in [9.17, 15) is 9.59 Å². The molecule has 0 aliphatic carbocycles. The first-order valence-electron chi connectivity index (χ1n) is 9.18. The molecule has 0 radical (unpaired) electrons. The molecule has 3 heterocycles. The molecule has 27 heavy (non-hydrogen) atoms. The second-order valence-corrected chi connectivity index (χ2v) is 6.80. The number of carbonyl (C=O) groups is 2. The Morgan fingerprint density at radius 3 is 2.59 bits per heavy atom. The number of benzene rings is 1. The van der Waals surface area contributed by atoms with Crippen LogP contribution in [0.2, 0.25) is 0 Å². The summed E-state index contributed by atoms with van der Waals surface area (Å²) in [5.41, 5.74) is 4.13. The highest BCUT2D eigenvalue weighted by atomic mass is 16.3. The van der Waals surface area contributed by atoms with E-state index in [4.69, 9.17) is 4.42 Å². The number of hydrogen-bond acceptors (Lipinski definition) is 4. The monoisotopic (exact) mass is 367 g/mol. The summed E-state index contributed by atoms with van der Waals surface area (Å²) in [4.78, 5) is 28.1. The zero-order valence-corrected chi connectivity index (χ0v) is 15.0. The SMILES string of the molecule is O=C(c1ccco1)N1CC[NH+](CC(=O)N2NC=C[C@@H]2c2ccccc2)CC1. The second kappa shape index (κ2) is 7.67. The maximum atomic E-state index is 12.8. The van der Waals surface area contributed by atoms with Gasteiger partial charge in [-0.1, -0.05) is 30.3 Å². The third-order valence-corrected chi connectivity index (χ3v) is 5.07. The zero-order chi connectivity index (χ0) is 18.6. The molecule has 2 N–H and O–H groups in total. The molecule has 2 aliphatic rings. The van der Waals surface area contributed by atoms with Gasteiger partial charge < -0.3 is 19.6 Å². The summed E-state index contributed by atoms with van der Waals surface area (Å²) in [5.74, 6) is 0.335. The van der Waals surface area contributed by atoms with Crippen LogP contribution in [-0.2, 0) is 4.79 Å². The highest BCUT2D eigenvalue weighted by Gasteiger charge is 2.31. The maximum Gasteiger partial charge on any atom is 0.296 e. The Labute approximate surface area is 157 Å². The summed E-state index contributed by atoms with van der Waals surface area (Å²) < 4.78 is 5.19. The fourth-order valence-electron chi connectivity index (χ4n) is 3.58. The number of carbonyl (C=O) groups excluding carboxylic acids is 2. The van der Waals surface area contributed by atoms with Gasteiger partial charge in [-0.2, -0.15) is 0 Å². The summed E-state index contributed by atoms with van der Waals surface area (Å²) in [5, 5.41) is 1.68. The Hall–Kier alpha value is -3.06. The first-order valence-corrected chi connectivity index (χ1v) is 9.18. The molecule has 1 saturated heterocycles. The number of nitrogens with zero attached hydrogens (tertiary/aromatic N) is 2. The van der Waals surface area contributed by atoms with Gasteiger partial charge in [-0.3, -0.25) is 9.59 Å². The van der Waals surface area contributed by atoms with E-state index < -0.39 is 0 Å². The van der Waals surface area contributed by atoms with Crippen LogP contribution in [-0.4, -0.2) is 54.4 Å². The zero-order valence-electron chi connectivity index (χ0n) is 15.0. The Kier molecular flexibility index (Phi) is 4.93.